The highest BCUT2D eigenvalue weighted by Gasteiger charge is 2.26. The molecule has 1 amide bonds. The first-order valence-corrected chi connectivity index (χ1v) is 9.83. The Labute approximate surface area is 177 Å². The van der Waals surface area contributed by atoms with Crippen molar-refractivity contribution in [3.63, 3.8) is 0 Å². The molecule has 31 heavy (non-hydrogen) atoms. The number of hydrogen-bond acceptors (Lipinski definition) is 8. The molecule has 1 aliphatic heterocycles. The third-order valence-corrected chi connectivity index (χ3v) is 4.92. The summed E-state index contributed by atoms with van der Waals surface area (Å²) < 4.78 is 15.7. The van der Waals surface area contributed by atoms with Crippen LogP contribution in [0, 0.1) is 10.1 Å². The van der Waals surface area contributed by atoms with E-state index < -0.39 is 22.9 Å². The molecular weight excluding hydrogens is 406 g/mol. The summed E-state index contributed by atoms with van der Waals surface area (Å²) in [7, 11) is 0. The molecule has 1 atom stereocenters. The molecule has 2 N–H and O–H groups in total. The number of anilines is 1. The Hall–Kier alpha value is -3.82. The van der Waals surface area contributed by atoms with Gasteiger partial charge in [0.2, 0.25) is 6.79 Å². The maximum atomic E-state index is 12.4. The lowest BCUT2D eigenvalue weighted by Gasteiger charge is -2.14. The zero-order chi connectivity index (χ0) is 22.0. The summed E-state index contributed by atoms with van der Waals surface area (Å²) in [6, 6.07) is 9.61. The SMILES string of the molecule is CC(OC(=O)c1ccc(NC2CC2)c([N+](=O)[O-])c1)C(=O)NCc1ccc2c(c1)OCO2. The van der Waals surface area contributed by atoms with Gasteiger partial charge < -0.3 is 24.8 Å². The molecule has 0 saturated heterocycles. The minimum Gasteiger partial charge on any atom is -0.454 e. The summed E-state index contributed by atoms with van der Waals surface area (Å²) in [6.45, 7) is 1.81. The lowest BCUT2D eigenvalue weighted by molar-refractivity contribution is -0.384. The summed E-state index contributed by atoms with van der Waals surface area (Å²) in [6.07, 6.45) is 0.837. The number of nitro benzene ring substituents is 1. The second-order valence-corrected chi connectivity index (χ2v) is 7.36. The van der Waals surface area contributed by atoms with Gasteiger partial charge in [0, 0.05) is 18.7 Å². The molecule has 0 spiro atoms. The van der Waals surface area contributed by atoms with Crippen molar-refractivity contribution in [3.05, 3.63) is 57.6 Å². The van der Waals surface area contributed by atoms with Crippen molar-refractivity contribution in [3.8, 4) is 11.5 Å². The molecule has 4 rings (SSSR count). The highest BCUT2D eigenvalue weighted by atomic mass is 16.7. The van der Waals surface area contributed by atoms with Gasteiger partial charge in [-0.15, -0.1) is 0 Å². The molecule has 1 unspecified atom stereocenters. The topological polar surface area (TPSA) is 129 Å². The Kier molecular flexibility index (Phi) is 5.61. The van der Waals surface area contributed by atoms with Crippen molar-refractivity contribution in [2.45, 2.75) is 38.5 Å². The van der Waals surface area contributed by atoms with Gasteiger partial charge in [-0.2, -0.15) is 0 Å². The minimum atomic E-state index is -1.08. The molecule has 10 nitrogen and oxygen atoms in total. The maximum Gasteiger partial charge on any atom is 0.339 e. The second kappa shape index (κ2) is 8.50. The fourth-order valence-corrected chi connectivity index (χ4v) is 3.05. The zero-order valence-corrected chi connectivity index (χ0v) is 16.8. The highest BCUT2D eigenvalue weighted by Crippen LogP contribution is 2.33. The van der Waals surface area contributed by atoms with Gasteiger partial charge in [0.05, 0.1) is 10.5 Å². The van der Waals surface area contributed by atoms with Crippen LogP contribution in [0.15, 0.2) is 36.4 Å². The quantitative estimate of drug-likeness (QED) is 0.374. The third-order valence-electron chi connectivity index (χ3n) is 4.92. The van der Waals surface area contributed by atoms with Crippen LogP contribution >= 0.6 is 0 Å². The van der Waals surface area contributed by atoms with Crippen LogP contribution in [0.25, 0.3) is 0 Å². The molecule has 0 aromatic heterocycles. The van der Waals surface area contributed by atoms with E-state index in [1.165, 1.54) is 19.1 Å². The first kappa shape index (κ1) is 20.5. The van der Waals surface area contributed by atoms with E-state index in [1.807, 2.05) is 0 Å². The Morgan fingerprint density at radius 2 is 1.97 bits per heavy atom. The molecule has 1 fully saturated rings. The Bertz CT molecular complexity index is 1040. The number of hydrogen-bond donors (Lipinski definition) is 2. The van der Waals surface area contributed by atoms with E-state index in [2.05, 4.69) is 10.6 Å². The van der Waals surface area contributed by atoms with E-state index in [1.54, 1.807) is 18.2 Å². The number of rotatable bonds is 8. The van der Waals surface area contributed by atoms with E-state index in [9.17, 15) is 19.7 Å². The first-order valence-electron chi connectivity index (χ1n) is 9.83. The predicted octanol–water partition coefficient (Wildman–Crippen LogP) is 2.76. The molecule has 1 heterocycles. The Balaban J connectivity index is 1.34. The van der Waals surface area contributed by atoms with Crippen molar-refractivity contribution in [2.24, 2.45) is 0 Å². The molecule has 2 aromatic rings. The molecule has 10 heteroatoms. The number of ether oxygens (including phenoxy) is 3. The van der Waals surface area contributed by atoms with Crippen LogP contribution in [-0.4, -0.2) is 35.7 Å². The van der Waals surface area contributed by atoms with Crippen LogP contribution in [0.3, 0.4) is 0 Å². The van der Waals surface area contributed by atoms with Crippen molar-refractivity contribution >= 4 is 23.3 Å². The van der Waals surface area contributed by atoms with E-state index in [0.717, 1.165) is 24.5 Å². The van der Waals surface area contributed by atoms with Crippen molar-refractivity contribution < 1.29 is 28.7 Å². The largest absolute Gasteiger partial charge is 0.454 e. The number of nitro groups is 1. The van der Waals surface area contributed by atoms with E-state index in [0.29, 0.717) is 17.2 Å². The molecule has 0 bridgehead atoms. The summed E-state index contributed by atoms with van der Waals surface area (Å²) >= 11 is 0. The van der Waals surface area contributed by atoms with Crippen molar-refractivity contribution in [2.75, 3.05) is 12.1 Å². The van der Waals surface area contributed by atoms with Crippen LogP contribution in [0.1, 0.15) is 35.7 Å². The van der Waals surface area contributed by atoms with Crippen LogP contribution < -0.4 is 20.1 Å². The number of carbonyl (C=O) groups excluding carboxylic acids is 2. The van der Waals surface area contributed by atoms with Gasteiger partial charge in [-0.1, -0.05) is 6.07 Å². The average Bonchev–Trinajstić information content (AvgIpc) is 3.44. The van der Waals surface area contributed by atoms with Crippen molar-refractivity contribution in [1.29, 1.82) is 0 Å². The molecule has 162 valence electrons. The highest BCUT2D eigenvalue weighted by molar-refractivity contribution is 5.93. The summed E-state index contributed by atoms with van der Waals surface area (Å²) in [4.78, 5) is 35.5. The third kappa shape index (κ3) is 4.85. The minimum absolute atomic E-state index is 0.00321. The average molecular weight is 427 g/mol. The van der Waals surface area contributed by atoms with Gasteiger partial charge in [-0.05, 0) is 49.6 Å². The van der Waals surface area contributed by atoms with Crippen LogP contribution in [0.2, 0.25) is 0 Å². The number of amides is 1. The number of carbonyl (C=O) groups is 2. The van der Waals surface area contributed by atoms with E-state index in [-0.39, 0.29) is 30.6 Å². The smallest absolute Gasteiger partial charge is 0.339 e. The van der Waals surface area contributed by atoms with Gasteiger partial charge in [0.15, 0.2) is 17.6 Å². The summed E-state index contributed by atoms with van der Waals surface area (Å²) in [5.41, 5.74) is 0.953. The van der Waals surface area contributed by atoms with E-state index >= 15 is 0 Å². The summed E-state index contributed by atoms with van der Waals surface area (Å²) in [5, 5.41) is 17.1. The molecule has 1 aliphatic carbocycles. The molecular formula is C21H21N3O7. The van der Waals surface area contributed by atoms with Gasteiger partial charge in [-0.3, -0.25) is 14.9 Å². The number of nitrogens with one attached hydrogen (secondary N) is 2. The van der Waals surface area contributed by atoms with Gasteiger partial charge in [0.1, 0.15) is 5.69 Å². The lowest BCUT2D eigenvalue weighted by Crippen LogP contribution is -2.35. The van der Waals surface area contributed by atoms with Crippen LogP contribution in [-0.2, 0) is 16.1 Å². The zero-order valence-electron chi connectivity index (χ0n) is 16.8. The Morgan fingerprint density at radius 1 is 1.19 bits per heavy atom. The fraction of sp³-hybridized carbons (Fsp3) is 0.333. The number of benzene rings is 2. The normalized spacial score (nSPS) is 15.1. The van der Waals surface area contributed by atoms with E-state index in [4.69, 9.17) is 14.2 Å². The van der Waals surface area contributed by atoms with Gasteiger partial charge in [0.25, 0.3) is 11.6 Å². The number of esters is 1. The predicted molar refractivity (Wildman–Crippen MR) is 109 cm³/mol. The van der Waals surface area contributed by atoms with Crippen molar-refractivity contribution in [1.82, 2.24) is 5.32 Å². The molecule has 2 aromatic carbocycles. The van der Waals surface area contributed by atoms with Crippen LogP contribution in [0.4, 0.5) is 11.4 Å². The molecule has 2 aliphatic rings. The lowest BCUT2D eigenvalue weighted by atomic mass is 10.1. The molecule has 1 saturated carbocycles. The summed E-state index contributed by atoms with van der Waals surface area (Å²) in [5.74, 6) is -0.0587. The molecule has 0 radical (unpaired) electrons. The van der Waals surface area contributed by atoms with Crippen LogP contribution in [0.5, 0.6) is 11.5 Å². The van der Waals surface area contributed by atoms with Gasteiger partial charge >= 0.3 is 5.97 Å². The maximum absolute atomic E-state index is 12.4. The monoisotopic (exact) mass is 427 g/mol. The first-order chi connectivity index (χ1) is 14.9. The fourth-order valence-electron chi connectivity index (χ4n) is 3.05. The second-order valence-electron chi connectivity index (χ2n) is 7.36. The number of fused-ring (bicyclic) bond motifs is 1. The van der Waals surface area contributed by atoms with Gasteiger partial charge in [-0.25, -0.2) is 4.79 Å². The Morgan fingerprint density at radius 3 is 2.71 bits per heavy atom. The number of nitrogens with zero attached hydrogens (tertiary/aromatic N) is 1. The standard InChI is InChI=1S/C21H21N3O7/c1-12(20(25)22-10-13-2-7-18-19(8-13)30-11-29-18)31-21(26)14-3-6-16(23-15-4-5-15)17(9-14)24(27)28/h2-3,6-9,12,15,23H,4-5,10-11H2,1H3,(H,22,25).